The third-order valence-corrected chi connectivity index (χ3v) is 3.00. The maximum atomic E-state index is 12.3. The first-order valence-electron chi connectivity index (χ1n) is 5.70. The molecular formula is C11H18N4O2. The third kappa shape index (κ3) is 2.12. The fourth-order valence-electron chi connectivity index (χ4n) is 2.08. The van der Waals surface area contributed by atoms with Crippen molar-refractivity contribution in [1.82, 2.24) is 14.7 Å². The summed E-state index contributed by atoms with van der Waals surface area (Å²) >= 11 is 0. The van der Waals surface area contributed by atoms with Gasteiger partial charge in [-0.3, -0.25) is 9.48 Å². The lowest BCUT2D eigenvalue weighted by atomic mass is 10.2. The average molecular weight is 238 g/mol. The Kier molecular flexibility index (Phi) is 3.06. The van der Waals surface area contributed by atoms with E-state index in [0.717, 1.165) is 0 Å². The molecular weight excluding hydrogens is 220 g/mol. The predicted octanol–water partition coefficient (Wildman–Crippen LogP) is 0.172. The number of nitrogens with two attached hydrogens (primary N) is 1. The van der Waals surface area contributed by atoms with Crippen molar-refractivity contribution < 1.29 is 9.53 Å². The van der Waals surface area contributed by atoms with Crippen LogP contribution in [0.3, 0.4) is 0 Å². The summed E-state index contributed by atoms with van der Waals surface area (Å²) < 4.78 is 6.96. The van der Waals surface area contributed by atoms with Crippen LogP contribution in [0.5, 0.6) is 0 Å². The molecule has 2 N–H and O–H groups in total. The van der Waals surface area contributed by atoms with E-state index >= 15 is 0 Å². The van der Waals surface area contributed by atoms with Crippen LogP contribution < -0.4 is 5.73 Å². The zero-order chi connectivity index (χ0) is 12.6. The number of hydrogen-bond acceptors (Lipinski definition) is 4. The number of ether oxygens (including phenoxy) is 1. The molecule has 0 spiro atoms. The molecule has 1 aromatic rings. The summed E-state index contributed by atoms with van der Waals surface area (Å²) in [4.78, 5) is 14.1. The molecule has 1 aliphatic rings. The van der Waals surface area contributed by atoms with E-state index in [1.165, 1.54) is 0 Å². The lowest BCUT2D eigenvalue weighted by molar-refractivity contribution is -0.0127. The highest BCUT2D eigenvalue weighted by Crippen LogP contribution is 2.18. The molecule has 0 saturated carbocycles. The zero-order valence-corrected chi connectivity index (χ0v) is 10.4. The molecule has 17 heavy (non-hydrogen) atoms. The number of rotatable bonds is 1. The van der Waals surface area contributed by atoms with Gasteiger partial charge >= 0.3 is 0 Å². The Morgan fingerprint density at radius 3 is 2.82 bits per heavy atom. The number of carbonyl (C=O) groups is 1. The number of nitrogen functional groups attached to an aromatic ring is 1. The first-order chi connectivity index (χ1) is 8.00. The van der Waals surface area contributed by atoms with Gasteiger partial charge in [0.1, 0.15) is 5.69 Å². The van der Waals surface area contributed by atoms with Crippen LogP contribution in [0.4, 0.5) is 5.69 Å². The van der Waals surface area contributed by atoms with Gasteiger partial charge in [0.2, 0.25) is 0 Å². The summed E-state index contributed by atoms with van der Waals surface area (Å²) in [5.74, 6) is -0.0687. The maximum Gasteiger partial charge on any atom is 0.274 e. The number of morpholine rings is 1. The van der Waals surface area contributed by atoms with Gasteiger partial charge in [0.05, 0.1) is 24.1 Å². The van der Waals surface area contributed by atoms with Crippen molar-refractivity contribution in [3.05, 3.63) is 11.4 Å². The van der Waals surface area contributed by atoms with Gasteiger partial charge in [-0.05, 0) is 13.8 Å². The van der Waals surface area contributed by atoms with Gasteiger partial charge in [0, 0.05) is 20.1 Å². The van der Waals surface area contributed by atoms with Crippen molar-refractivity contribution in [3.8, 4) is 0 Å². The van der Waals surface area contributed by atoms with Crippen LogP contribution >= 0.6 is 0 Å². The molecule has 0 aromatic carbocycles. The summed E-state index contributed by atoms with van der Waals surface area (Å²) in [6.07, 6.45) is 0.0725. The largest absolute Gasteiger partial charge is 0.395 e. The molecule has 0 bridgehead atoms. The summed E-state index contributed by atoms with van der Waals surface area (Å²) in [6, 6.07) is 0. The SMILES string of the molecule is Cc1nn(C)c(C(=O)N2CCOC(C)C2)c1N. The molecule has 6 nitrogen and oxygen atoms in total. The molecule has 1 unspecified atom stereocenters. The van der Waals surface area contributed by atoms with E-state index in [1.807, 2.05) is 6.92 Å². The van der Waals surface area contributed by atoms with Gasteiger partial charge in [0.15, 0.2) is 0 Å². The second-order valence-electron chi connectivity index (χ2n) is 4.40. The molecule has 1 fully saturated rings. The van der Waals surface area contributed by atoms with E-state index in [1.54, 1.807) is 23.6 Å². The van der Waals surface area contributed by atoms with Crippen LogP contribution in [0.15, 0.2) is 0 Å². The Morgan fingerprint density at radius 1 is 1.59 bits per heavy atom. The molecule has 1 saturated heterocycles. The normalized spacial score (nSPS) is 20.6. The fourth-order valence-corrected chi connectivity index (χ4v) is 2.08. The van der Waals surface area contributed by atoms with Gasteiger partial charge in [-0.1, -0.05) is 0 Å². The van der Waals surface area contributed by atoms with E-state index in [4.69, 9.17) is 10.5 Å². The molecule has 6 heteroatoms. The topological polar surface area (TPSA) is 73.4 Å². The molecule has 94 valence electrons. The Morgan fingerprint density at radius 2 is 2.29 bits per heavy atom. The van der Waals surface area contributed by atoms with Gasteiger partial charge in [-0.2, -0.15) is 5.10 Å². The summed E-state index contributed by atoms with van der Waals surface area (Å²) in [6.45, 7) is 5.53. The highest BCUT2D eigenvalue weighted by Gasteiger charge is 2.27. The minimum Gasteiger partial charge on any atom is -0.395 e. The summed E-state index contributed by atoms with van der Waals surface area (Å²) in [5, 5.41) is 4.16. The third-order valence-electron chi connectivity index (χ3n) is 3.00. The first kappa shape index (κ1) is 11.9. The molecule has 2 heterocycles. The van der Waals surface area contributed by atoms with E-state index in [9.17, 15) is 4.79 Å². The Hall–Kier alpha value is -1.56. The summed E-state index contributed by atoms with van der Waals surface area (Å²) in [5.41, 5.74) is 7.51. The van der Waals surface area contributed by atoms with E-state index in [-0.39, 0.29) is 12.0 Å². The molecule has 0 radical (unpaired) electrons. The molecule has 2 rings (SSSR count). The highest BCUT2D eigenvalue weighted by molar-refractivity contribution is 5.98. The van der Waals surface area contributed by atoms with Crippen LogP contribution in [-0.4, -0.2) is 46.4 Å². The number of nitrogens with zero attached hydrogens (tertiary/aromatic N) is 3. The number of anilines is 1. The van der Waals surface area contributed by atoms with E-state index in [2.05, 4.69) is 5.10 Å². The van der Waals surface area contributed by atoms with Gasteiger partial charge in [0.25, 0.3) is 5.91 Å². The molecule has 0 aliphatic carbocycles. The fraction of sp³-hybridized carbons (Fsp3) is 0.636. The van der Waals surface area contributed by atoms with Crippen molar-refractivity contribution in [2.75, 3.05) is 25.4 Å². The number of aryl methyl sites for hydroxylation is 2. The van der Waals surface area contributed by atoms with Crippen molar-refractivity contribution in [1.29, 1.82) is 0 Å². The van der Waals surface area contributed by atoms with Gasteiger partial charge in [-0.25, -0.2) is 0 Å². The number of hydrogen-bond donors (Lipinski definition) is 1. The quantitative estimate of drug-likeness (QED) is 0.757. The monoisotopic (exact) mass is 238 g/mol. The van der Waals surface area contributed by atoms with Gasteiger partial charge in [-0.15, -0.1) is 0 Å². The van der Waals surface area contributed by atoms with Crippen LogP contribution in [0.1, 0.15) is 23.1 Å². The lowest BCUT2D eigenvalue weighted by Gasteiger charge is -2.31. The Bertz CT molecular complexity index is 441. The standard InChI is InChI=1S/C11H18N4O2/c1-7-6-15(4-5-17-7)11(16)10-9(12)8(2)13-14(10)3/h7H,4-6,12H2,1-3H3. The molecule has 1 aromatic heterocycles. The number of aromatic nitrogens is 2. The van der Waals surface area contributed by atoms with Crippen molar-refractivity contribution in [2.24, 2.45) is 7.05 Å². The zero-order valence-electron chi connectivity index (χ0n) is 10.4. The maximum absolute atomic E-state index is 12.3. The molecule has 1 aliphatic heterocycles. The minimum atomic E-state index is -0.0687. The van der Waals surface area contributed by atoms with Crippen molar-refractivity contribution in [3.63, 3.8) is 0 Å². The number of carbonyl (C=O) groups excluding carboxylic acids is 1. The lowest BCUT2D eigenvalue weighted by Crippen LogP contribution is -2.45. The molecule has 1 amide bonds. The molecule has 1 atom stereocenters. The van der Waals surface area contributed by atoms with Crippen LogP contribution in [0, 0.1) is 6.92 Å². The summed E-state index contributed by atoms with van der Waals surface area (Å²) in [7, 11) is 1.74. The Balaban J connectivity index is 2.24. The minimum absolute atomic E-state index is 0.0687. The van der Waals surface area contributed by atoms with Crippen molar-refractivity contribution in [2.45, 2.75) is 20.0 Å². The highest BCUT2D eigenvalue weighted by atomic mass is 16.5. The van der Waals surface area contributed by atoms with Crippen molar-refractivity contribution >= 4 is 11.6 Å². The second kappa shape index (κ2) is 4.37. The van der Waals surface area contributed by atoms with E-state index in [0.29, 0.717) is 36.8 Å². The number of amides is 1. The second-order valence-corrected chi connectivity index (χ2v) is 4.40. The average Bonchev–Trinajstić information content (AvgIpc) is 2.52. The predicted molar refractivity (Wildman–Crippen MR) is 63.7 cm³/mol. The van der Waals surface area contributed by atoms with Crippen LogP contribution in [0.25, 0.3) is 0 Å². The van der Waals surface area contributed by atoms with E-state index < -0.39 is 0 Å². The smallest absolute Gasteiger partial charge is 0.274 e. The van der Waals surface area contributed by atoms with Gasteiger partial charge < -0.3 is 15.4 Å². The van der Waals surface area contributed by atoms with Crippen LogP contribution in [-0.2, 0) is 11.8 Å². The first-order valence-corrected chi connectivity index (χ1v) is 5.70. The van der Waals surface area contributed by atoms with Crippen LogP contribution in [0.2, 0.25) is 0 Å². The Labute approximate surface area is 100 Å².